The molecule has 5 nitrogen and oxygen atoms in total. The zero-order chi connectivity index (χ0) is 20.4. The van der Waals surface area contributed by atoms with Gasteiger partial charge in [0.25, 0.3) is 5.56 Å². The first-order valence-electron chi connectivity index (χ1n) is 10.0. The Bertz CT molecular complexity index is 1100. The van der Waals surface area contributed by atoms with Crippen molar-refractivity contribution >= 4 is 37.7 Å². The molecule has 2 heterocycles. The average Bonchev–Trinajstić information content (AvgIpc) is 2.74. The maximum absolute atomic E-state index is 12.8. The second kappa shape index (κ2) is 8.88. The first-order chi connectivity index (χ1) is 14.0. The minimum atomic E-state index is -0.417. The molecule has 4 rings (SSSR count). The topological polar surface area (TPSA) is 61.3 Å². The highest BCUT2D eigenvalue weighted by Gasteiger charge is 2.26. The lowest BCUT2D eigenvalue weighted by atomic mass is 9.87. The third kappa shape index (κ3) is 4.51. The van der Waals surface area contributed by atoms with Crippen LogP contribution in [0.1, 0.15) is 24.5 Å². The van der Waals surface area contributed by atoms with Gasteiger partial charge in [-0.05, 0) is 67.1 Å². The predicted octanol–water partition coefficient (Wildman–Crippen LogP) is 3.01. The van der Waals surface area contributed by atoms with Crippen LogP contribution in [0, 0.1) is 10.7 Å². The van der Waals surface area contributed by atoms with Crippen molar-refractivity contribution in [3.63, 3.8) is 0 Å². The summed E-state index contributed by atoms with van der Waals surface area (Å²) in [4.78, 5) is 18.3. The molecule has 0 radical (unpaired) electrons. The van der Waals surface area contributed by atoms with Gasteiger partial charge in [0.2, 0.25) is 0 Å². The van der Waals surface area contributed by atoms with Crippen molar-refractivity contribution in [1.82, 2.24) is 14.5 Å². The Kier molecular flexibility index (Phi) is 6.26. The van der Waals surface area contributed by atoms with Crippen LogP contribution in [0.2, 0.25) is 0 Å². The summed E-state index contributed by atoms with van der Waals surface area (Å²) < 4.78 is 2.12. The van der Waals surface area contributed by atoms with Crippen LogP contribution in [0.5, 0.6) is 0 Å². The van der Waals surface area contributed by atoms with Crippen molar-refractivity contribution in [3.8, 4) is 0 Å². The molecule has 2 N–H and O–H groups in total. The quantitative estimate of drug-likeness (QED) is 0.486. The van der Waals surface area contributed by atoms with Gasteiger partial charge in [-0.2, -0.15) is 0 Å². The summed E-state index contributed by atoms with van der Waals surface area (Å²) in [5.41, 5.74) is 1.74. The first-order valence-corrected chi connectivity index (χ1v) is 11.0. The Morgan fingerprint density at radius 3 is 2.52 bits per heavy atom. The summed E-state index contributed by atoms with van der Waals surface area (Å²) >= 11 is 5.40. The number of piperidine rings is 1. The molecule has 3 aromatic rings. The molecule has 1 aromatic heterocycles. The van der Waals surface area contributed by atoms with E-state index in [4.69, 9.17) is 12.2 Å². The Morgan fingerprint density at radius 1 is 1.10 bits per heavy atom. The number of H-pyrrole nitrogens is 1. The minimum absolute atomic E-state index is 0.0350. The highest BCUT2D eigenvalue weighted by molar-refractivity contribution is 7.71. The second-order valence-electron chi connectivity index (χ2n) is 7.72. The van der Waals surface area contributed by atoms with Gasteiger partial charge in [-0.15, -0.1) is 9.24 Å². The third-order valence-electron chi connectivity index (χ3n) is 5.89. The van der Waals surface area contributed by atoms with Crippen LogP contribution in [0.4, 0.5) is 0 Å². The normalized spacial score (nSPS) is 16.9. The van der Waals surface area contributed by atoms with Crippen molar-refractivity contribution in [2.24, 2.45) is 5.92 Å². The van der Waals surface area contributed by atoms with Gasteiger partial charge in [0, 0.05) is 13.1 Å². The van der Waals surface area contributed by atoms with Crippen LogP contribution in [-0.2, 0) is 6.54 Å². The number of likely N-dealkylation sites (tertiary alicyclic amines) is 1. The highest BCUT2D eigenvalue weighted by Crippen LogP contribution is 2.30. The van der Waals surface area contributed by atoms with E-state index in [1.807, 2.05) is 48.5 Å². The molecule has 7 heteroatoms. The zero-order valence-corrected chi connectivity index (χ0v) is 18.2. The first kappa shape index (κ1) is 20.4. The lowest BCUT2D eigenvalue weighted by Gasteiger charge is -2.34. The standard InChI is InChI=1S/C22H26N3O2PS/c26-20(15-5-7-17(28)8-6-15)16-9-11-24(12-10-16)13-14-25-21(27)18-3-1-2-4-19(18)23-22(25)29/h1-8,16,20,26H,9-14,28H2,(H,23,29). The fourth-order valence-electron chi connectivity index (χ4n) is 4.10. The predicted molar refractivity (Wildman–Crippen MR) is 123 cm³/mol. The molecule has 1 saturated heterocycles. The molecular weight excluding hydrogens is 401 g/mol. The van der Waals surface area contributed by atoms with E-state index in [-0.39, 0.29) is 11.5 Å². The molecule has 29 heavy (non-hydrogen) atoms. The minimum Gasteiger partial charge on any atom is -0.388 e. The van der Waals surface area contributed by atoms with Crippen molar-refractivity contribution < 1.29 is 5.11 Å². The van der Waals surface area contributed by atoms with Gasteiger partial charge in [-0.1, -0.05) is 36.4 Å². The number of aliphatic hydroxyl groups excluding tert-OH is 1. The summed E-state index contributed by atoms with van der Waals surface area (Å²) in [6.45, 7) is 3.19. The van der Waals surface area contributed by atoms with Gasteiger partial charge in [0.1, 0.15) is 0 Å². The zero-order valence-electron chi connectivity index (χ0n) is 16.3. The molecule has 1 fully saturated rings. The van der Waals surface area contributed by atoms with Crippen molar-refractivity contribution in [2.45, 2.75) is 25.5 Å². The van der Waals surface area contributed by atoms with E-state index in [1.165, 1.54) is 0 Å². The maximum Gasteiger partial charge on any atom is 0.262 e. The summed E-state index contributed by atoms with van der Waals surface area (Å²) in [5.74, 6) is 0.271. The molecule has 2 aromatic carbocycles. The number of aliphatic hydroxyl groups is 1. The molecule has 1 aliphatic heterocycles. The molecule has 152 valence electrons. The Morgan fingerprint density at radius 2 is 1.79 bits per heavy atom. The van der Waals surface area contributed by atoms with Crippen molar-refractivity contribution in [1.29, 1.82) is 0 Å². The molecule has 2 atom stereocenters. The summed E-state index contributed by atoms with van der Waals surface area (Å²) in [6.07, 6.45) is 1.48. The number of para-hydroxylation sites is 1. The Hall–Kier alpha value is -1.85. The highest BCUT2D eigenvalue weighted by atomic mass is 32.1. The number of fused-ring (bicyclic) bond motifs is 1. The molecule has 0 aliphatic carbocycles. The number of nitrogens with one attached hydrogen (secondary N) is 1. The molecule has 0 saturated carbocycles. The summed E-state index contributed by atoms with van der Waals surface area (Å²) in [6, 6.07) is 15.5. The van der Waals surface area contributed by atoms with Crippen LogP contribution in [0.15, 0.2) is 53.3 Å². The van der Waals surface area contributed by atoms with E-state index in [1.54, 1.807) is 4.57 Å². The average molecular weight is 428 g/mol. The lowest BCUT2D eigenvalue weighted by molar-refractivity contribution is 0.0578. The van der Waals surface area contributed by atoms with Crippen LogP contribution in [0.25, 0.3) is 10.9 Å². The number of aromatic amines is 1. The number of hydrogen-bond donors (Lipinski definition) is 2. The summed E-state index contributed by atoms with van der Waals surface area (Å²) in [7, 11) is 2.67. The maximum atomic E-state index is 12.8. The Balaban J connectivity index is 1.37. The molecule has 0 amide bonds. The fraction of sp³-hybridized carbons (Fsp3) is 0.364. The largest absolute Gasteiger partial charge is 0.388 e. The van der Waals surface area contributed by atoms with Gasteiger partial charge in [0.05, 0.1) is 17.0 Å². The number of benzene rings is 2. The number of rotatable bonds is 5. The number of hydrogen-bond acceptors (Lipinski definition) is 4. The lowest BCUT2D eigenvalue weighted by Crippen LogP contribution is -2.38. The van der Waals surface area contributed by atoms with Gasteiger partial charge < -0.3 is 15.0 Å². The van der Waals surface area contributed by atoms with Crippen LogP contribution < -0.4 is 10.9 Å². The van der Waals surface area contributed by atoms with Gasteiger partial charge >= 0.3 is 0 Å². The molecule has 2 unspecified atom stereocenters. The van der Waals surface area contributed by atoms with E-state index in [0.29, 0.717) is 16.7 Å². The van der Waals surface area contributed by atoms with E-state index >= 15 is 0 Å². The van der Waals surface area contributed by atoms with Crippen LogP contribution in [-0.4, -0.2) is 39.2 Å². The monoisotopic (exact) mass is 427 g/mol. The van der Waals surface area contributed by atoms with Gasteiger partial charge in [0.15, 0.2) is 4.77 Å². The molecule has 0 spiro atoms. The SMILES string of the molecule is O=c1c2ccccc2[nH]c(=S)n1CCN1CCC(C(O)c2ccc(P)cc2)CC1. The molecule has 0 bridgehead atoms. The van der Waals surface area contributed by atoms with Gasteiger partial charge in [-0.25, -0.2) is 0 Å². The van der Waals surface area contributed by atoms with E-state index in [0.717, 1.165) is 48.9 Å². The Labute approximate surface area is 177 Å². The van der Waals surface area contributed by atoms with E-state index < -0.39 is 6.10 Å². The number of aromatic nitrogens is 2. The fourth-order valence-corrected chi connectivity index (χ4v) is 4.58. The summed E-state index contributed by atoms with van der Waals surface area (Å²) in [5, 5.41) is 12.5. The van der Waals surface area contributed by atoms with Crippen molar-refractivity contribution in [2.75, 3.05) is 19.6 Å². The van der Waals surface area contributed by atoms with Crippen molar-refractivity contribution in [3.05, 3.63) is 69.2 Å². The third-order valence-corrected chi connectivity index (χ3v) is 6.59. The van der Waals surface area contributed by atoms with E-state index in [9.17, 15) is 9.90 Å². The molecular formula is C22H26N3O2PS. The smallest absolute Gasteiger partial charge is 0.262 e. The number of nitrogens with zero attached hydrogens (tertiary/aromatic N) is 2. The van der Waals surface area contributed by atoms with Crippen LogP contribution >= 0.6 is 21.5 Å². The van der Waals surface area contributed by atoms with E-state index in [2.05, 4.69) is 19.1 Å². The van der Waals surface area contributed by atoms with Crippen LogP contribution in [0.3, 0.4) is 0 Å². The van der Waals surface area contributed by atoms with Gasteiger partial charge in [-0.3, -0.25) is 9.36 Å². The molecule has 1 aliphatic rings. The second-order valence-corrected chi connectivity index (χ2v) is 8.78.